The van der Waals surface area contributed by atoms with E-state index in [9.17, 15) is 19.0 Å². The Morgan fingerprint density at radius 1 is 0.412 bits per heavy atom. The lowest BCUT2D eigenvalue weighted by Gasteiger charge is -2.27. The molecule has 0 aliphatic heterocycles. The maximum absolute atomic E-state index is 13.6. The highest BCUT2D eigenvalue weighted by atomic mass is 31.2. The molecule has 0 saturated carbocycles. The summed E-state index contributed by atoms with van der Waals surface area (Å²) in [4.78, 5) is 37.9. The number of carbonyl (C=O) groups is 2. The van der Waals surface area contributed by atoms with Crippen LogP contribution in [0.25, 0.3) is 0 Å². The molecule has 85 heavy (non-hydrogen) atoms. The molecule has 0 heterocycles. The molecule has 0 radical (unpaired) electrons. The second kappa shape index (κ2) is 63.9. The van der Waals surface area contributed by atoms with Crippen LogP contribution in [0.15, 0.2) is 97.2 Å². The average Bonchev–Trinajstić information content (AvgIpc) is 3.58. The number of esters is 1. The van der Waals surface area contributed by atoms with E-state index < -0.39 is 20.0 Å². The van der Waals surface area contributed by atoms with Crippen molar-refractivity contribution in [2.75, 3.05) is 40.9 Å². The summed E-state index contributed by atoms with van der Waals surface area (Å²) in [6.45, 7) is 6.96. The standard InChI is InChI=1S/C75H135N2O7P/c1-7-10-13-16-19-22-25-27-29-31-33-35-37-38-40-42-44-46-48-50-53-56-59-62-65-68-75(79)84-73(66-63-60-57-54-51-24-21-18-15-12-9-3)72(71-83-85(80,81)82-70-69-77(4,5)6)76-74(78)67-64-61-58-55-52-49-47-45-43-41-39-36-34-32-30-28-26-23-20-17-14-11-8-2/h19-20,22-23,27-30,33-36,38,40,63,66,72-73H,7-18,21,24-26,31-32,37,39,41-62,64-65,67-71H2,1-6H3,(H-,76,78,80,81)/p+1/b22-19-,23-20-,29-27-,30-28-,35-33-,36-34-,40-38-,66-63+. The molecule has 0 fully saturated rings. The molecule has 0 bridgehead atoms. The van der Waals surface area contributed by atoms with Crippen molar-refractivity contribution in [3.63, 3.8) is 0 Å². The lowest BCUT2D eigenvalue weighted by atomic mass is 10.0. The van der Waals surface area contributed by atoms with Gasteiger partial charge in [-0.1, -0.05) is 285 Å². The molecule has 0 aromatic rings. The summed E-state index contributed by atoms with van der Waals surface area (Å²) in [5.74, 6) is -0.514. The molecule has 2 N–H and O–H groups in total. The molecule has 0 spiro atoms. The van der Waals surface area contributed by atoms with Crippen molar-refractivity contribution >= 4 is 19.7 Å². The fourth-order valence-electron chi connectivity index (χ4n) is 9.99. The number of quaternary nitrogens is 1. The van der Waals surface area contributed by atoms with Crippen molar-refractivity contribution in [2.45, 2.75) is 328 Å². The van der Waals surface area contributed by atoms with Crippen LogP contribution in [-0.2, 0) is 27.9 Å². The summed E-state index contributed by atoms with van der Waals surface area (Å²) < 4.78 is 30.8. The quantitative estimate of drug-likeness (QED) is 0.0205. The zero-order chi connectivity index (χ0) is 62.1. The van der Waals surface area contributed by atoms with Crippen molar-refractivity contribution in [2.24, 2.45) is 0 Å². The molecule has 3 unspecified atom stereocenters. The van der Waals surface area contributed by atoms with Crippen molar-refractivity contribution in [1.29, 1.82) is 0 Å². The SMILES string of the molecule is CCCCC/C=C\C/C=C\C/C=C\C/C=C\CCCCCCCCCCCC(=O)OC(/C=C/CCCCCCCCCCC)C(COP(=O)(O)OCC[N+](C)(C)C)NC(=O)CCCCCCCCCCCC/C=C\C/C=C\C/C=C\CCCCC. The highest BCUT2D eigenvalue weighted by Crippen LogP contribution is 2.43. The number of rotatable bonds is 64. The van der Waals surface area contributed by atoms with Crippen LogP contribution in [0.3, 0.4) is 0 Å². The summed E-state index contributed by atoms with van der Waals surface area (Å²) in [7, 11) is 1.48. The third-order valence-corrected chi connectivity index (χ3v) is 16.5. The predicted molar refractivity (Wildman–Crippen MR) is 369 cm³/mol. The highest BCUT2D eigenvalue weighted by Gasteiger charge is 2.30. The normalized spacial score (nSPS) is 14.1. The van der Waals surface area contributed by atoms with E-state index in [2.05, 4.69) is 111 Å². The number of amides is 1. The van der Waals surface area contributed by atoms with Crippen LogP contribution in [0.4, 0.5) is 0 Å². The third kappa shape index (κ3) is 65.2. The van der Waals surface area contributed by atoms with E-state index in [1.54, 1.807) is 0 Å². The Kier molecular flexibility index (Phi) is 61.6. The van der Waals surface area contributed by atoms with Crippen LogP contribution in [0.2, 0.25) is 0 Å². The summed E-state index contributed by atoms with van der Waals surface area (Å²) >= 11 is 0. The van der Waals surface area contributed by atoms with Gasteiger partial charge in [-0.2, -0.15) is 0 Å². The number of phosphoric acid groups is 1. The van der Waals surface area contributed by atoms with Crippen LogP contribution >= 0.6 is 7.82 Å². The largest absolute Gasteiger partial charge is 0.472 e. The average molecular weight is 1210 g/mol. The van der Waals surface area contributed by atoms with Gasteiger partial charge in [0.2, 0.25) is 5.91 Å². The minimum atomic E-state index is -4.46. The topological polar surface area (TPSA) is 111 Å². The van der Waals surface area contributed by atoms with E-state index in [-0.39, 0.29) is 31.5 Å². The van der Waals surface area contributed by atoms with Crippen molar-refractivity contribution in [3.8, 4) is 0 Å². The Hall–Kier alpha value is -3.07. The fourth-order valence-corrected chi connectivity index (χ4v) is 10.7. The second-order valence-electron chi connectivity index (χ2n) is 25.0. The first-order chi connectivity index (χ1) is 41.4. The molecule has 0 aromatic carbocycles. The van der Waals surface area contributed by atoms with Gasteiger partial charge in [0, 0.05) is 12.8 Å². The van der Waals surface area contributed by atoms with E-state index in [1.165, 1.54) is 180 Å². The summed E-state index contributed by atoms with van der Waals surface area (Å²) in [5.41, 5.74) is 0. The Morgan fingerprint density at radius 3 is 1.09 bits per heavy atom. The number of carbonyl (C=O) groups excluding carboxylic acids is 2. The first-order valence-corrected chi connectivity index (χ1v) is 37.1. The van der Waals surface area contributed by atoms with Gasteiger partial charge in [0.15, 0.2) is 0 Å². The molecule has 10 heteroatoms. The molecule has 492 valence electrons. The van der Waals surface area contributed by atoms with Gasteiger partial charge >= 0.3 is 13.8 Å². The minimum Gasteiger partial charge on any atom is -0.456 e. The van der Waals surface area contributed by atoms with E-state index in [0.29, 0.717) is 17.4 Å². The lowest BCUT2D eigenvalue weighted by molar-refractivity contribution is -0.870. The number of unbranched alkanes of at least 4 members (excludes halogenated alkanes) is 34. The zero-order valence-corrected chi connectivity index (χ0v) is 57.2. The summed E-state index contributed by atoms with van der Waals surface area (Å²) in [6, 6.07) is -0.859. The molecule has 1 amide bonds. The Morgan fingerprint density at radius 2 is 0.718 bits per heavy atom. The molecular weight excluding hydrogens is 1070 g/mol. The monoisotopic (exact) mass is 1210 g/mol. The number of nitrogens with zero attached hydrogens (tertiary/aromatic N) is 1. The van der Waals surface area contributed by atoms with Gasteiger partial charge in [-0.05, 0) is 115 Å². The Labute approximate surface area is 526 Å². The lowest BCUT2D eigenvalue weighted by Crippen LogP contribution is -2.47. The second-order valence-corrected chi connectivity index (χ2v) is 26.5. The number of ether oxygens (including phenoxy) is 1. The number of phosphoric ester groups is 1. The summed E-state index contributed by atoms with van der Waals surface area (Å²) in [5, 5.41) is 3.07. The predicted octanol–water partition coefficient (Wildman–Crippen LogP) is 22.7. The molecular formula is C75H136N2O7P+. The van der Waals surface area contributed by atoms with Gasteiger partial charge in [-0.15, -0.1) is 0 Å². The van der Waals surface area contributed by atoms with Crippen LogP contribution in [0, 0.1) is 0 Å². The highest BCUT2D eigenvalue weighted by molar-refractivity contribution is 7.47. The van der Waals surface area contributed by atoms with Gasteiger partial charge < -0.3 is 19.4 Å². The maximum Gasteiger partial charge on any atom is 0.472 e. The van der Waals surface area contributed by atoms with E-state index in [4.69, 9.17) is 13.8 Å². The van der Waals surface area contributed by atoms with Crippen LogP contribution < -0.4 is 5.32 Å². The third-order valence-electron chi connectivity index (χ3n) is 15.5. The maximum atomic E-state index is 13.6. The molecule has 0 aliphatic carbocycles. The van der Waals surface area contributed by atoms with E-state index in [1.807, 2.05) is 33.3 Å². The Balaban J connectivity index is 5.06. The number of nitrogens with one attached hydrogen (secondary N) is 1. The molecule has 0 saturated heterocycles. The van der Waals surface area contributed by atoms with E-state index in [0.717, 1.165) is 103 Å². The first-order valence-electron chi connectivity index (χ1n) is 35.6. The molecule has 0 rings (SSSR count). The fraction of sp³-hybridized carbons (Fsp3) is 0.760. The van der Waals surface area contributed by atoms with Gasteiger partial charge in [0.25, 0.3) is 0 Å². The van der Waals surface area contributed by atoms with E-state index >= 15 is 0 Å². The molecule has 9 nitrogen and oxygen atoms in total. The van der Waals surface area contributed by atoms with Crippen molar-refractivity contribution < 1.29 is 37.3 Å². The zero-order valence-electron chi connectivity index (χ0n) is 56.3. The molecule has 0 aromatic heterocycles. The van der Waals surface area contributed by atoms with Crippen molar-refractivity contribution in [1.82, 2.24) is 5.32 Å². The molecule has 0 aliphatic rings. The van der Waals surface area contributed by atoms with Gasteiger partial charge in [-0.25, -0.2) is 4.57 Å². The van der Waals surface area contributed by atoms with Crippen molar-refractivity contribution in [3.05, 3.63) is 97.2 Å². The van der Waals surface area contributed by atoms with Gasteiger partial charge in [-0.3, -0.25) is 18.6 Å². The molecule has 3 atom stereocenters. The van der Waals surface area contributed by atoms with Gasteiger partial charge in [0.05, 0.1) is 33.8 Å². The minimum absolute atomic E-state index is 0.0347. The van der Waals surface area contributed by atoms with Crippen LogP contribution in [0.5, 0.6) is 0 Å². The first kappa shape index (κ1) is 81.9. The van der Waals surface area contributed by atoms with Crippen LogP contribution in [0.1, 0.15) is 316 Å². The van der Waals surface area contributed by atoms with Gasteiger partial charge in [0.1, 0.15) is 19.3 Å². The number of hydrogen-bond acceptors (Lipinski definition) is 6. The summed E-state index contributed by atoms with van der Waals surface area (Å²) in [6.07, 6.45) is 87.0. The number of allylic oxidation sites excluding steroid dienone is 15. The Bertz CT molecular complexity index is 1780. The number of hydrogen-bond donors (Lipinski definition) is 2. The number of likely N-dealkylation sites (N-methyl/N-ethyl adjacent to an activating group) is 1. The van der Waals surface area contributed by atoms with Crippen LogP contribution in [-0.4, -0.2) is 74.3 Å². The smallest absolute Gasteiger partial charge is 0.456 e.